The van der Waals surface area contributed by atoms with E-state index in [4.69, 9.17) is 0 Å². The Bertz CT molecular complexity index is 580. The Balaban J connectivity index is 1.75. The van der Waals surface area contributed by atoms with Gasteiger partial charge in [0.05, 0.1) is 0 Å². The van der Waals surface area contributed by atoms with E-state index in [9.17, 15) is 9.59 Å². The largest absolute Gasteiger partial charge is 0.356 e. The van der Waals surface area contributed by atoms with Gasteiger partial charge < -0.3 is 15.5 Å². The number of nitrogens with zero attached hydrogens (tertiary/aromatic N) is 1. The molecular formula is C20H31N3O2. The lowest BCUT2D eigenvalue weighted by molar-refractivity contribution is -0.122. The van der Waals surface area contributed by atoms with Gasteiger partial charge in [0.2, 0.25) is 5.91 Å². The molecule has 5 heteroatoms. The summed E-state index contributed by atoms with van der Waals surface area (Å²) in [6.45, 7) is 4.93. The lowest BCUT2D eigenvalue weighted by Gasteiger charge is -2.27. The SMILES string of the molecule is CC(CC(=O)NCCc1cccc(C(=O)N(C)C)c1)C1CCNCC1. The summed E-state index contributed by atoms with van der Waals surface area (Å²) in [5, 5.41) is 6.39. The second-order valence-corrected chi connectivity index (χ2v) is 7.27. The fourth-order valence-electron chi connectivity index (χ4n) is 3.41. The first kappa shape index (κ1) is 19.4. The van der Waals surface area contributed by atoms with Crippen LogP contribution >= 0.6 is 0 Å². The highest BCUT2D eigenvalue weighted by molar-refractivity contribution is 5.94. The van der Waals surface area contributed by atoms with Gasteiger partial charge >= 0.3 is 0 Å². The van der Waals surface area contributed by atoms with Gasteiger partial charge in [0.15, 0.2) is 0 Å². The van der Waals surface area contributed by atoms with Crippen molar-refractivity contribution < 1.29 is 9.59 Å². The predicted molar refractivity (Wildman–Crippen MR) is 101 cm³/mol. The van der Waals surface area contributed by atoms with Crippen molar-refractivity contribution in [1.29, 1.82) is 0 Å². The van der Waals surface area contributed by atoms with Crippen LogP contribution in [0.25, 0.3) is 0 Å². The van der Waals surface area contributed by atoms with Crippen LogP contribution in [-0.2, 0) is 11.2 Å². The lowest BCUT2D eigenvalue weighted by Crippen LogP contribution is -2.34. The predicted octanol–water partition coefficient (Wildman–Crippen LogP) is 2.07. The quantitative estimate of drug-likeness (QED) is 0.795. The molecule has 1 aromatic rings. The molecule has 1 heterocycles. The number of hydrogen-bond donors (Lipinski definition) is 2. The van der Waals surface area contributed by atoms with Crippen molar-refractivity contribution in [1.82, 2.24) is 15.5 Å². The number of rotatable bonds is 7. The lowest BCUT2D eigenvalue weighted by atomic mass is 9.84. The van der Waals surface area contributed by atoms with Crippen LogP contribution < -0.4 is 10.6 Å². The highest BCUT2D eigenvalue weighted by atomic mass is 16.2. The maximum Gasteiger partial charge on any atom is 0.253 e. The zero-order chi connectivity index (χ0) is 18.2. The summed E-state index contributed by atoms with van der Waals surface area (Å²) in [5.74, 6) is 1.22. The first-order valence-electron chi connectivity index (χ1n) is 9.25. The second kappa shape index (κ2) is 9.56. The van der Waals surface area contributed by atoms with Crippen LogP contribution in [-0.4, -0.2) is 50.4 Å². The minimum Gasteiger partial charge on any atom is -0.356 e. The van der Waals surface area contributed by atoms with Gasteiger partial charge in [-0.25, -0.2) is 0 Å². The summed E-state index contributed by atoms with van der Waals surface area (Å²) in [6.07, 6.45) is 3.67. The monoisotopic (exact) mass is 345 g/mol. The highest BCUT2D eigenvalue weighted by Crippen LogP contribution is 2.24. The molecule has 2 rings (SSSR count). The maximum atomic E-state index is 12.2. The molecule has 5 nitrogen and oxygen atoms in total. The molecule has 0 saturated carbocycles. The van der Waals surface area contributed by atoms with Gasteiger partial charge in [0.25, 0.3) is 5.91 Å². The van der Waals surface area contributed by atoms with Crippen LogP contribution in [0.15, 0.2) is 24.3 Å². The molecule has 1 aliphatic heterocycles. The number of benzene rings is 1. The molecular weight excluding hydrogens is 314 g/mol. The molecule has 1 aliphatic rings. The van der Waals surface area contributed by atoms with E-state index in [1.807, 2.05) is 24.3 Å². The molecule has 0 spiro atoms. The third-order valence-electron chi connectivity index (χ3n) is 5.01. The van der Waals surface area contributed by atoms with Crippen LogP contribution in [0.2, 0.25) is 0 Å². The normalized spacial score (nSPS) is 16.3. The van der Waals surface area contributed by atoms with Crippen LogP contribution in [0.1, 0.15) is 42.1 Å². The van der Waals surface area contributed by atoms with Crippen LogP contribution in [0, 0.1) is 11.8 Å². The Morgan fingerprint density at radius 2 is 2.00 bits per heavy atom. The van der Waals surface area contributed by atoms with Gasteiger partial charge in [-0.15, -0.1) is 0 Å². The van der Waals surface area contributed by atoms with E-state index in [-0.39, 0.29) is 11.8 Å². The third kappa shape index (κ3) is 6.16. The third-order valence-corrected chi connectivity index (χ3v) is 5.01. The molecule has 0 aromatic heterocycles. The van der Waals surface area contributed by atoms with Gasteiger partial charge in [0.1, 0.15) is 0 Å². The van der Waals surface area contributed by atoms with Crippen molar-refractivity contribution >= 4 is 11.8 Å². The number of piperidine rings is 1. The van der Waals surface area contributed by atoms with Crippen LogP contribution in [0.4, 0.5) is 0 Å². The topological polar surface area (TPSA) is 61.4 Å². The van der Waals surface area contributed by atoms with E-state index in [0.717, 1.165) is 25.1 Å². The minimum atomic E-state index is 0.00156. The van der Waals surface area contributed by atoms with Crippen molar-refractivity contribution in [2.75, 3.05) is 33.7 Å². The molecule has 2 amide bonds. The molecule has 2 N–H and O–H groups in total. The Kier molecular flexibility index (Phi) is 7.44. The second-order valence-electron chi connectivity index (χ2n) is 7.27. The summed E-state index contributed by atoms with van der Waals surface area (Å²) in [4.78, 5) is 25.7. The van der Waals surface area contributed by atoms with Crippen molar-refractivity contribution in [3.63, 3.8) is 0 Å². The molecule has 1 atom stereocenters. The Morgan fingerprint density at radius 1 is 1.28 bits per heavy atom. The van der Waals surface area contributed by atoms with Gasteiger partial charge in [-0.3, -0.25) is 9.59 Å². The Hall–Kier alpha value is -1.88. The van der Waals surface area contributed by atoms with Crippen molar-refractivity contribution in [3.05, 3.63) is 35.4 Å². The van der Waals surface area contributed by atoms with E-state index in [1.54, 1.807) is 19.0 Å². The van der Waals surface area contributed by atoms with Crippen LogP contribution in [0.5, 0.6) is 0 Å². The first-order valence-corrected chi connectivity index (χ1v) is 9.25. The van der Waals surface area contributed by atoms with Crippen molar-refractivity contribution in [2.45, 2.75) is 32.6 Å². The molecule has 1 saturated heterocycles. The molecule has 0 aliphatic carbocycles. The number of nitrogens with one attached hydrogen (secondary N) is 2. The number of hydrogen-bond acceptors (Lipinski definition) is 3. The highest BCUT2D eigenvalue weighted by Gasteiger charge is 2.21. The number of carbonyl (C=O) groups excluding carboxylic acids is 2. The zero-order valence-electron chi connectivity index (χ0n) is 15.7. The number of amides is 2. The van der Waals surface area contributed by atoms with Gasteiger partial charge in [-0.1, -0.05) is 19.1 Å². The number of carbonyl (C=O) groups is 2. The average Bonchev–Trinajstić information content (AvgIpc) is 2.62. The van der Waals surface area contributed by atoms with E-state index in [2.05, 4.69) is 17.6 Å². The molecule has 25 heavy (non-hydrogen) atoms. The summed E-state index contributed by atoms with van der Waals surface area (Å²) in [7, 11) is 3.50. The fourth-order valence-corrected chi connectivity index (χ4v) is 3.41. The summed E-state index contributed by atoms with van der Waals surface area (Å²) in [6, 6.07) is 7.63. The van der Waals surface area contributed by atoms with Crippen molar-refractivity contribution in [3.8, 4) is 0 Å². The van der Waals surface area contributed by atoms with Crippen molar-refractivity contribution in [2.24, 2.45) is 11.8 Å². The smallest absolute Gasteiger partial charge is 0.253 e. The maximum absolute atomic E-state index is 12.2. The summed E-state index contributed by atoms with van der Waals surface area (Å²) >= 11 is 0. The Labute approximate surface area is 151 Å². The van der Waals surface area contributed by atoms with Crippen LogP contribution in [0.3, 0.4) is 0 Å². The Morgan fingerprint density at radius 3 is 2.68 bits per heavy atom. The molecule has 1 fully saturated rings. The minimum absolute atomic E-state index is 0.00156. The molecule has 138 valence electrons. The van der Waals surface area contributed by atoms with E-state index < -0.39 is 0 Å². The average molecular weight is 345 g/mol. The summed E-state index contributed by atoms with van der Waals surface area (Å²) in [5.41, 5.74) is 1.76. The molecule has 1 unspecified atom stereocenters. The van der Waals surface area contributed by atoms with E-state index >= 15 is 0 Å². The molecule has 0 bridgehead atoms. The van der Waals surface area contributed by atoms with E-state index in [1.165, 1.54) is 12.8 Å². The zero-order valence-corrected chi connectivity index (χ0v) is 15.7. The van der Waals surface area contributed by atoms with Gasteiger partial charge in [-0.2, -0.15) is 0 Å². The summed E-state index contributed by atoms with van der Waals surface area (Å²) < 4.78 is 0. The molecule has 0 radical (unpaired) electrons. The standard InChI is InChI=1S/C20H31N3O2/c1-15(17-8-10-21-11-9-17)13-19(24)22-12-7-16-5-4-6-18(14-16)20(25)23(2)3/h4-6,14-15,17,21H,7-13H2,1-3H3,(H,22,24). The van der Waals surface area contributed by atoms with Gasteiger partial charge in [0, 0.05) is 32.6 Å². The van der Waals surface area contributed by atoms with Gasteiger partial charge in [-0.05, 0) is 61.9 Å². The molecule has 1 aromatic carbocycles. The van der Waals surface area contributed by atoms with E-state index in [0.29, 0.717) is 30.4 Å². The first-order chi connectivity index (χ1) is 12.0. The fraction of sp³-hybridized carbons (Fsp3) is 0.600.